The van der Waals surface area contributed by atoms with E-state index in [9.17, 15) is 18.0 Å². The third-order valence-corrected chi connectivity index (χ3v) is 7.61. The van der Waals surface area contributed by atoms with Crippen molar-refractivity contribution in [2.24, 2.45) is 18.9 Å². The van der Waals surface area contributed by atoms with Gasteiger partial charge in [-0.05, 0) is 36.6 Å². The number of rotatable bonds is 6. The highest BCUT2D eigenvalue weighted by Gasteiger charge is 2.42. The molecule has 1 unspecified atom stereocenters. The number of aromatic nitrogens is 2. The van der Waals surface area contributed by atoms with E-state index < -0.39 is 12.1 Å². The first-order chi connectivity index (χ1) is 17.4. The second-order valence-electron chi connectivity index (χ2n) is 9.51. The van der Waals surface area contributed by atoms with Crippen LogP contribution in [0.1, 0.15) is 32.3 Å². The molecule has 200 valence electrons. The first kappa shape index (κ1) is 27.7. The molecule has 1 aromatic heterocycles. The van der Waals surface area contributed by atoms with E-state index in [-0.39, 0.29) is 31.3 Å². The van der Waals surface area contributed by atoms with E-state index in [0.717, 1.165) is 0 Å². The molecule has 1 atom stereocenters. The minimum Gasteiger partial charge on any atom is -0.370 e. The summed E-state index contributed by atoms with van der Waals surface area (Å²) in [7, 11) is 1.78. The maximum Gasteiger partial charge on any atom is 0.393 e. The highest BCUT2D eigenvalue weighted by Crippen LogP contribution is 2.40. The van der Waals surface area contributed by atoms with Gasteiger partial charge < -0.3 is 20.1 Å². The number of carbonyl (C=O) groups is 1. The molecular formula is C25H27Cl3F3N5O. The lowest BCUT2D eigenvalue weighted by molar-refractivity contribution is -0.176. The number of benzene rings is 2. The monoisotopic (exact) mass is 575 g/mol. The van der Waals surface area contributed by atoms with E-state index >= 15 is 0 Å². The maximum absolute atomic E-state index is 13.4. The molecule has 12 heteroatoms. The average molecular weight is 577 g/mol. The van der Waals surface area contributed by atoms with Crippen molar-refractivity contribution in [1.82, 2.24) is 14.9 Å². The lowest BCUT2D eigenvalue weighted by Gasteiger charge is -2.35. The summed E-state index contributed by atoms with van der Waals surface area (Å²) in [6, 6.07) is 6.83. The Bertz CT molecular complexity index is 1330. The first-order valence-corrected chi connectivity index (χ1v) is 13.0. The van der Waals surface area contributed by atoms with Crippen LogP contribution >= 0.6 is 34.8 Å². The van der Waals surface area contributed by atoms with Crippen LogP contribution in [0.25, 0.3) is 11.0 Å². The van der Waals surface area contributed by atoms with Crippen molar-refractivity contribution in [3.63, 3.8) is 0 Å². The van der Waals surface area contributed by atoms with Crippen LogP contribution in [0.5, 0.6) is 0 Å². The van der Waals surface area contributed by atoms with Gasteiger partial charge >= 0.3 is 6.18 Å². The van der Waals surface area contributed by atoms with Gasteiger partial charge in [0.2, 0.25) is 11.9 Å². The summed E-state index contributed by atoms with van der Waals surface area (Å²) in [4.78, 5) is 18.3. The molecule has 0 radical (unpaired) electrons. The van der Waals surface area contributed by atoms with Crippen LogP contribution < -0.4 is 15.5 Å². The Morgan fingerprint density at radius 3 is 2.59 bits per heavy atom. The molecule has 1 aliphatic rings. The average Bonchev–Trinajstić information content (AvgIpc) is 3.13. The first-order valence-electron chi connectivity index (χ1n) is 11.9. The molecule has 37 heavy (non-hydrogen) atoms. The normalized spacial score (nSPS) is 16.5. The quantitative estimate of drug-likeness (QED) is 0.323. The smallest absolute Gasteiger partial charge is 0.370 e. The van der Waals surface area contributed by atoms with Crippen molar-refractivity contribution in [2.75, 3.05) is 23.3 Å². The topological polar surface area (TPSA) is 62.2 Å². The van der Waals surface area contributed by atoms with Crippen LogP contribution in [0, 0.1) is 11.8 Å². The number of aryl methyl sites for hydroxylation is 1. The summed E-state index contributed by atoms with van der Waals surface area (Å²) in [6.07, 6.45) is -3.70. The maximum atomic E-state index is 13.4. The van der Waals surface area contributed by atoms with E-state index in [0.29, 0.717) is 62.0 Å². The molecular weight excluding hydrogens is 550 g/mol. The molecule has 0 bridgehead atoms. The van der Waals surface area contributed by atoms with Crippen molar-refractivity contribution < 1.29 is 18.0 Å². The molecule has 0 saturated carbocycles. The van der Waals surface area contributed by atoms with Gasteiger partial charge in [0.05, 0.1) is 43.4 Å². The van der Waals surface area contributed by atoms with Gasteiger partial charge in [-0.1, -0.05) is 54.7 Å². The third kappa shape index (κ3) is 5.89. The van der Waals surface area contributed by atoms with E-state index in [1.165, 1.54) is 0 Å². The molecule has 2 N–H and O–H groups in total. The number of nitrogens with one attached hydrogen (secondary N) is 2. The number of nitrogens with zero attached hydrogens (tertiary/aromatic N) is 3. The fraction of sp³-hybridized carbons (Fsp3) is 0.440. The van der Waals surface area contributed by atoms with Crippen molar-refractivity contribution in [3.05, 3.63) is 44.9 Å². The predicted molar refractivity (Wildman–Crippen MR) is 143 cm³/mol. The standard InChI is InChI=1S/C25H27Cl3F3N5O/c1-13(2)23(37)32-11-14-6-7-16(26)22(21(14)28)34-24-33-18-9-17(27)19(10-20(18)35(24)3)36-8-4-5-15(12-36)25(29,30)31/h6-7,9-10,13,15H,4-5,8,11-12H2,1-3H3,(H,32,37)(H,33,34). The lowest BCUT2D eigenvalue weighted by atomic mass is 9.97. The van der Waals surface area contributed by atoms with Gasteiger partial charge in [-0.3, -0.25) is 4.79 Å². The van der Waals surface area contributed by atoms with Gasteiger partial charge in [-0.15, -0.1) is 0 Å². The van der Waals surface area contributed by atoms with E-state index in [4.69, 9.17) is 34.8 Å². The van der Waals surface area contributed by atoms with Gasteiger partial charge in [0.25, 0.3) is 0 Å². The summed E-state index contributed by atoms with van der Waals surface area (Å²) in [6.45, 7) is 4.19. The number of halogens is 6. The molecule has 0 spiro atoms. The Hall–Kier alpha value is -2.36. The number of fused-ring (bicyclic) bond motifs is 1. The SMILES string of the molecule is CC(C)C(=O)NCc1ccc(Cl)c(Nc2nc3cc(Cl)c(N4CCCC(C(F)(F)F)C4)cc3n2C)c1Cl. The Morgan fingerprint density at radius 1 is 1.19 bits per heavy atom. The van der Waals surface area contributed by atoms with Gasteiger partial charge in [0.15, 0.2) is 0 Å². The number of hydrogen-bond donors (Lipinski definition) is 2. The number of anilines is 3. The van der Waals surface area contributed by atoms with Crippen molar-refractivity contribution in [3.8, 4) is 0 Å². The summed E-state index contributed by atoms with van der Waals surface area (Å²) in [5.41, 5.74) is 2.89. The molecule has 0 aliphatic carbocycles. The summed E-state index contributed by atoms with van der Waals surface area (Å²) in [5.74, 6) is -1.23. The molecule has 1 amide bonds. The number of piperidine rings is 1. The van der Waals surface area contributed by atoms with Crippen molar-refractivity contribution in [2.45, 2.75) is 39.4 Å². The second kappa shape index (κ2) is 10.8. The summed E-state index contributed by atoms with van der Waals surface area (Å²) in [5, 5.41) is 7.03. The predicted octanol–water partition coefficient (Wildman–Crippen LogP) is 7.33. The van der Waals surface area contributed by atoms with Crippen molar-refractivity contribution in [1.29, 1.82) is 0 Å². The third-order valence-electron chi connectivity index (χ3n) is 6.56. The zero-order valence-corrected chi connectivity index (χ0v) is 22.8. The zero-order chi connectivity index (χ0) is 27.1. The van der Waals surface area contributed by atoms with Crippen molar-refractivity contribution >= 4 is 69.1 Å². The fourth-order valence-corrected chi connectivity index (χ4v) is 5.17. The Labute approximate surface area is 228 Å². The number of hydrogen-bond acceptors (Lipinski definition) is 4. The van der Waals surface area contributed by atoms with Crippen LogP contribution in [0.15, 0.2) is 24.3 Å². The van der Waals surface area contributed by atoms with Crippen LogP contribution in [0.3, 0.4) is 0 Å². The number of imidazole rings is 1. The largest absolute Gasteiger partial charge is 0.393 e. The van der Waals surface area contributed by atoms with Crippen LogP contribution in [0.4, 0.5) is 30.5 Å². The fourth-order valence-electron chi connectivity index (χ4n) is 4.36. The Balaban J connectivity index is 1.63. The van der Waals surface area contributed by atoms with E-state index in [1.54, 1.807) is 54.6 Å². The Morgan fingerprint density at radius 2 is 1.92 bits per heavy atom. The van der Waals surface area contributed by atoms with Gasteiger partial charge in [0, 0.05) is 32.6 Å². The molecule has 4 rings (SSSR count). The number of alkyl halides is 3. The zero-order valence-electron chi connectivity index (χ0n) is 20.5. The highest BCUT2D eigenvalue weighted by molar-refractivity contribution is 6.39. The van der Waals surface area contributed by atoms with Gasteiger partial charge in [0.1, 0.15) is 0 Å². The number of carbonyl (C=O) groups excluding carboxylic acids is 1. The minimum atomic E-state index is -4.25. The van der Waals surface area contributed by atoms with Crippen LogP contribution in [-0.2, 0) is 18.4 Å². The van der Waals surface area contributed by atoms with E-state index in [2.05, 4.69) is 15.6 Å². The van der Waals surface area contributed by atoms with Crippen LogP contribution in [0.2, 0.25) is 15.1 Å². The lowest BCUT2D eigenvalue weighted by Crippen LogP contribution is -2.41. The van der Waals surface area contributed by atoms with Gasteiger partial charge in [-0.2, -0.15) is 13.2 Å². The summed E-state index contributed by atoms with van der Waals surface area (Å²) < 4.78 is 41.8. The number of amides is 1. The van der Waals surface area contributed by atoms with Crippen LogP contribution in [-0.4, -0.2) is 34.7 Å². The summed E-state index contributed by atoms with van der Waals surface area (Å²) >= 11 is 19.6. The molecule has 1 aliphatic heterocycles. The molecule has 3 aromatic rings. The Kier molecular flexibility index (Phi) is 8.07. The molecule has 1 fully saturated rings. The molecule has 1 saturated heterocycles. The van der Waals surface area contributed by atoms with E-state index in [1.807, 2.05) is 0 Å². The highest BCUT2D eigenvalue weighted by atomic mass is 35.5. The van der Waals surface area contributed by atoms with Gasteiger partial charge in [-0.25, -0.2) is 4.98 Å². The second-order valence-corrected chi connectivity index (χ2v) is 10.7. The minimum absolute atomic E-state index is 0.0983. The molecule has 2 heterocycles. The molecule has 2 aromatic carbocycles. The molecule has 6 nitrogen and oxygen atoms in total.